The number of carboxylic acids is 1. The normalized spacial score (nSPS) is 14.4. The summed E-state index contributed by atoms with van der Waals surface area (Å²) in [6.45, 7) is 10.2. The molecule has 0 aromatic heterocycles. The molecule has 2 rings (SSSR count). The SMILES string of the molecule is CC[C@H](C)[C@H](NC(=O)[C@H](CCC(=O)O)NC(=O)[C@H](CCCCN)NC(=O)CNC(=O)[C@H](CC(N)=O)NC(=O)[C@@H](NC(=O)[C@H](CCCN)NC(=O)[C@@H](NC(=O)[C@H](Cc1ccccc1)NC(=O)[C@H](CCCN=C(N)N)NC(C)=O)C(C)C)C(C)C)C(=O)N[C@@H](Cc1cccc(Cl)c1)C(=O)N[C@@H](CCC(N)=O)C(N)=O. The minimum absolute atomic E-state index is 0.0438. The van der Waals surface area contributed by atoms with E-state index in [1.165, 1.54) is 26.8 Å². The number of hydrogen-bond acceptors (Lipinski definition) is 19. The van der Waals surface area contributed by atoms with Gasteiger partial charge in [0.2, 0.25) is 88.6 Å². The lowest BCUT2D eigenvalue weighted by atomic mass is 9.96. The van der Waals surface area contributed by atoms with Crippen LogP contribution in [0.1, 0.15) is 143 Å². The van der Waals surface area contributed by atoms with Gasteiger partial charge < -0.3 is 109 Å². The predicted molar refractivity (Wildman–Crippen MR) is 394 cm³/mol. The Balaban J connectivity index is 2.40. The van der Waals surface area contributed by atoms with Gasteiger partial charge in [0, 0.05) is 44.2 Å². The Labute approximate surface area is 626 Å². The molecule has 0 unspecified atom stereocenters. The van der Waals surface area contributed by atoms with Crippen LogP contribution in [0.5, 0.6) is 0 Å². The third-order valence-electron chi connectivity index (χ3n) is 16.8. The van der Waals surface area contributed by atoms with E-state index >= 15 is 0 Å². The number of carbonyl (C=O) groups excluding carboxylic acids is 15. The predicted octanol–water partition coefficient (Wildman–Crippen LogP) is -4.64. The number of amides is 15. The maximum absolute atomic E-state index is 14.3. The number of primary amides is 3. The van der Waals surface area contributed by atoms with E-state index in [1.807, 2.05) is 0 Å². The van der Waals surface area contributed by atoms with E-state index in [0.29, 0.717) is 17.5 Å². The van der Waals surface area contributed by atoms with E-state index in [2.05, 4.69) is 68.8 Å². The number of carboxylic acid groups (broad SMARTS) is 1. The number of aliphatic carboxylic acids is 1. The van der Waals surface area contributed by atoms with Gasteiger partial charge in [-0.15, -0.1) is 0 Å². The van der Waals surface area contributed by atoms with Crippen LogP contribution < -0.4 is 104 Å². The minimum atomic E-state index is -1.80. The van der Waals surface area contributed by atoms with Gasteiger partial charge in [-0.05, 0) is 112 Å². The highest BCUT2D eigenvalue weighted by Crippen LogP contribution is 2.17. The zero-order chi connectivity index (χ0) is 80.6. The number of nitrogens with zero attached hydrogens (tertiary/aromatic N) is 1. The maximum Gasteiger partial charge on any atom is 0.303 e. The van der Waals surface area contributed by atoms with Crippen LogP contribution in [0.4, 0.5) is 0 Å². The highest BCUT2D eigenvalue weighted by molar-refractivity contribution is 6.30. The van der Waals surface area contributed by atoms with Gasteiger partial charge in [0.15, 0.2) is 5.96 Å². The molecule has 594 valence electrons. The highest BCUT2D eigenvalue weighted by Gasteiger charge is 2.38. The number of hydrogen-bond donors (Lipinski definition) is 20. The summed E-state index contributed by atoms with van der Waals surface area (Å²) in [5.41, 5.74) is 39.8. The van der Waals surface area contributed by atoms with Gasteiger partial charge in [-0.3, -0.25) is 81.7 Å². The van der Waals surface area contributed by atoms with E-state index < -0.39 is 205 Å². The summed E-state index contributed by atoms with van der Waals surface area (Å²) in [5, 5.41) is 40.3. The number of nitrogens with two attached hydrogens (primary N) is 7. The maximum atomic E-state index is 14.3. The van der Waals surface area contributed by atoms with Crippen LogP contribution in [0, 0.1) is 17.8 Å². The van der Waals surface area contributed by atoms with E-state index in [0.717, 1.165) is 0 Å². The van der Waals surface area contributed by atoms with Crippen molar-refractivity contribution >= 4 is 112 Å². The molecule has 2 aromatic rings. The third-order valence-corrected chi connectivity index (χ3v) is 17.0. The van der Waals surface area contributed by atoms with Crippen molar-refractivity contribution in [3.05, 3.63) is 70.7 Å². The number of unbranched alkanes of at least 4 members (excludes halogenated alkanes) is 1. The van der Waals surface area contributed by atoms with Gasteiger partial charge in [-0.1, -0.05) is 102 Å². The zero-order valence-corrected chi connectivity index (χ0v) is 62.3. The summed E-state index contributed by atoms with van der Waals surface area (Å²) in [6.07, 6.45) is -1.93. The molecule has 0 heterocycles. The molecule has 0 bridgehead atoms. The monoisotopic (exact) mass is 1520 g/mol. The minimum Gasteiger partial charge on any atom is -0.481 e. The lowest BCUT2D eigenvalue weighted by molar-refractivity contribution is -0.139. The fourth-order valence-corrected chi connectivity index (χ4v) is 10.9. The lowest BCUT2D eigenvalue weighted by Crippen LogP contribution is -2.61. The largest absolute Gasteiger partial charge is 0.481 e. The quantitative estimate of drug-likeness (QED) is 0.0168. The second-order valence-corrected chi connectivity index (χ2v) is 26.9. The summed E-state index contributed by atoms with van der Waals surface area (Å²) < 4.78 is 0. The molecule has 0 fully saturated rings. The van der Waals surface area contributed by atoms with Gasteiger partial charge >= 0.3 is 5.97 Å². The van der Waals surface area contributed by atoms with E-state index in [1.54, 1.807) is 76.2 Å². The van der Waals surface area contributed by atoms with Gasteiger partial charge in [-0.25, -0.2) is 0 Å². The summed E-state index contributed by atoms with van der Waals surface area (Å²) in [6, 6.07) is -1.13. The lowest BCUT2D eigenvalue weighted by Gasteiger charge is -2.29. The smallest absolute Gasteiger partial charge is 0.303 e. The summed E-state index contributed by atoms with van der Waals surface area (Å²) in [7, 11) is 0. The number of nitrogens with one attached hydrogen (secondary N) is 12. The first-order valence-corrected chi connectivity index (χ1v) is 35.7. The summed E-state index contributed by atoms with van der Waals surface area (Å²) in [5.74, 6) is -17.5. The van der Waals surface area contributed by atoms with Crippen molar-refractivity contribution in [3.8, 4) is 0 Å². The molecular weight excluding hydrogens is 1420 g/mol. The first kappa shape index (κ1) is 92.5. The second-order valence-electron chi connectivity index (χ2n) is 26.5. The van der Waals surface area contributed by atoms with E-state index in [-0.39, 0.29) is 101 Å². The third kappa shape index (κ3) is 35.9. The topological polar surface area (TPSA) is 632 Å². The van der Waals surface area contributed by atoms with Gasteiger partial charge in [0.05, 0.1) is 13.0 Å². The van der Waals surface area contributed by atoms with Crippen LogP contribution in [-0.2, 0) is 89.6 Å². The fraction of sp³-hybridized carbons (Fsp3) is 0.580. The van der Waals surface area contributed by atoms with Crippen LogP contribution in [0.25, 0.3) is 0 Å². The van der Waals surface area contributed by atoms with Crippen LogP contribution in [0.15, 0.2) is 59.6 Å². The molecule has 12 atom stereocenters. The van der Waals surface area contributed by atoms with Crippen molar-refractivity contribution in [3.63, 3.8) is 0 Å². The molecule has 27 N–H and O–H groups in total. The Morgan fingerprint density at radius 1 is 0.449 bits per heavy atom. The van der Waals surface area contributed by atoms with Crippen molar-refractivity contribution in [2.75, 3.05) is 26.2 Å². The second kappa shape index (κ2) is 48.5. The molecule has 38 heteroatoms. The van der Waals surface area contributed by atoms with Gasteiger partial charge in [0.1, 0.15) is 66.5 Å². The molecule has 0 aliphatic rings. The number of carbonyl (C=O) groups is 16. The fourth-order valence-electron chi connectivity index (χ4n) is 10.7. The molecule has 0 saturated carbocycles. The number of rotatable bonds is 51. The Bertz CT molecular complexity index is 3400. The summed E-state index contributed by atoms with van der Waals surface area (Å²) in [4.78, 5) is 220. The molecule has 2 aromatic carbocycles. The van der Waals surface area contributed by atoms with Crippen molar-refractivity contribution in [1.29, 1.82) is 0 Å². The van der Waals surface area contributed by atoms with Crippen molar-refractivity contribution in [2.24, 2.45) is 62.9 Å². The molecule has 0 spiro atoms. The van der Waals surface area contributed by atoms with Crippen LogP contribution in [0.2, 0.25) is 5.02 Å². The molecule has 0 saturated heterocycles. The van der Waals surface area contributed by atoms with Crippen molar-refractivity contribution < 1.29 is 81.8 Å². The van der Waals surface area contributed by atoms with E-state index in [9.17, 15) is 81.8 Å². The first-order valence-electron chi connectivity index (χ1n) is 35.3. The van der Waals surface area contributed by atoms with E-state index in [4.69, 9.17) is 51.7 Å². The Kier molecular flexibility index (Phi) is 42.0. The molecular formula is C69H109ClN20O17. The van der Waals surface area contributed by atoms with Gasteiger partial charge in [0.25, 0.3) is 0 Å². The Hall–Kier alpha value is -10.6. The first-order chi connectivity index (χ1) is 50.4. The molecule has 0 aliphatic carbocycles. The highest BCUT2D eigenvalue weighted by atomic mass is 35.5. The molecule has 0 radical (unpaired) electrons. The Morgan fingerprint density at radius 2 is 0.888 bits per heavy atom. The number of aliphatic imine (C=N–C) groups is 1. The molecule has 0 aliphatic heterocycles. The van der Waals surface area contributed by atoms with Crippen LogP contribution in [-0.4, -0.2) is 198 Å². The Morgan fingerprint density at radius 3 is 1.40 bits per heavy atom. The molecule has 37 nitrogen and oxygen atoms in total. The van der Waals surface area contributed by atoms with Crippen molar-refractivity contribution in [2.45, 2.75) is 211 Å². The van der Waals surface area contributed by atoms with Gasteiger partial charge in [-0.2, -0.15) is 0 Å². The average molecular weight is 1530 g/mol. The van der Waals surface area contributed by atoms with Crippen LogP contribution in [0.3, 0.4) is 0 Å². The van der Waals surface area contributed by atoms with Crippen molar-refractivity contribution in [1.82, 2.24) is 63.8 Å². The number of guanidine groups is 1. The molecule has 107 heavy (non-hydrogen) atoms. The summed E-state index contributed by atoms with van der Waals surface area (Å²) >= 11 is 6.22. The number of benzene rings is 2. The molecule has 15 amide bonds. The standard InChI is InChI=1S/C69H109ClN20O17/c1-8-38(6)57(68(107)86-49(33-41-19-14-20-42(70)31-41)64(103)82-43(58(75)97)24-26-51(73)92)90-63(102)47(25-27-54(95)96)83-61(100)45(21-12-13-28-71)81-53(94)35-79-59(98)50(34-52(74)93)87-67(106)56(37(4)5)88-62(101)46(22-15-29-72)84-66(105)55(36(2)3)89-65(104)48(32-40-17-10-9-11-18-40)85-60(99)44(80-39(7)91)23-16-30-78-69(76)77/h9-11,14,17-20,31,36-38,43-50,55-57H,8,12-13,15-16,21-30,32-35,71-72H2,1-7H3,(H2,73,92)(H2,74,93)(H2,75,97)(H,79,98)(H,80,91)(H,81,94)(H,82,103)(H,83,100)(H,84,105)(H,85,99)(H,86,107)(H,87,106)(H,88,101)(H,89,104)(H,90,102)(H,95,96)(H4,76,77,78)/t38-,43-,44-,45-,46-,47-,48-,49-,50-,55-,56-,57-/m0/s1. The zero-order valence-electron chi connectivity index (χ0n) is 61.6. The average Bonchev–Trinajstić information content (AvgIpc) is 0.850. The van der Waals surface area contributed by atoms with Crippen LogP contribution >= 0.6 is 11.6 Å². The number of halogens is 1.